The summed E-state index contributed by atoms with van der Waals surface area (Å²) in [6, 6.07) is 5.54. The molecule has 0 atom stereocenters. The lowest BCUT2D eigenvalue weighted by molar-refractivity contribution is -0.403. The van der Waals surface area contributed by atoms with Crippen LogP contribution in [0, 0.1) is 34.1 Å². The molecule has 3 rings (SSSR count). The molecule has 0 aliphatic rings. The van der Waals surface area contributed by atoms with Crippen LogP contribution in [0.5, 0.6) is 5.75 Å². The third-order valence-electron chi connectivity index (χ3n) is 3.62. The van der Waals surface area contributed by atoms with Crippen molar-refractivity contribution in [2.45, 2.75) is 13.8 Å². The molecule has 1 aromatic heterocycles. The lowest BCUT2D eigenvalue weighted by atomic mass is 10.1. The first-order chi connectivity index (χ1) is 12.3. The normalized spacial score (nSPS) is 11.3. The van der Waals surface area contributed by atoms with Crippen molar-refractivity contribution in [2.75, 3.05) is 0 Å². The maximum Gasteiger partial charge on any atom is 0.276 e. The Morgan fingerprint density at radius 3 is 2.50 bits per heavy atom. The summed E-state index contributed by atoms with van der Waals surface area (Å²) in [6.07, 6.45) is 1.07. The number of aryl methyl sites for hydroxylation is 2. The first kappa shape index (κ1) is 17.4. The van der Waals surface area contributed by atoms with Gasteiger partial charge >= 0.3 is 0 Å². The number of non-ortho nitro benzene ring substituents is 1. The standard InChI is InChI=1S/C16H12N4O5S/c1-8-3-9(2)14-13(4-8)26-16(18-14)17-7-10-5-11(19(22)23)6-12(15(10)21)20(24)25/h3-7,21H,1-2H3/p-1. The summed E-state index contributed by atoms with van der Waals surface area (Å²) in [5.41, 5.74) is 1.18. The SMILES string of the molecule is Cc1cc(C)c2nc(N=Cc3cc([N+](=O)[O-])cc([N+](=O)[O-])c3[O-])sc2c1. The molecule has 132 valence electrons. The highest BCUT2D eigenvalue weighted by atomic mass is 32.1. The Morgan fingerprint density at radius 1 is 1.12 bits per heavy atom. The fourth-order valence-electron chi connectivity index (χ4n) is 2.50. The molecule has 0 aliphatic carbocycles. The van der Waals surface area contributed by atoms with E-state index in [0.717, 1.165) is 33.6 Å². The van der Waals surface area contributed by atoms with Crippen LogP contribution in [-0.4, -0.2) is 21.0 Å². The van der Waals surface area contributed by atoms with Crippen LogP contribution in [-0.2, 0) is 0 Å². The van der Waals surface area contributed by atoms with Crippen molar-refractivity contribution in [1.29, 1.82) is 0 Å². The number of nitro benzene ring substituents is 2. The number of fused-ring (bicyclic) bond motifs is 1. The highest BCUT2D eigenvalue weighted by Crippen LogP contribution is 2.33. The second-order valence-corrected chi connectivity index (χ2v) is 6.59. The van der Waals surface area contributed by atoms with Crippen LogP contribution in [0.15, 0.2) is 29.3 Å². The lowest BCUT2D eigenvalue weighted by Crippen LogP contribution is -2.03. The molecule has 0 spiro atoms. The third kappa shape index (κ3) is 3.22. The molecule has 26 heavy (non-hydrogen) atoms. The molecule has 0 fully saturated rings. The van der Waals surface area contributed by atoms with Gasteiger partial charge in [-0.25, -0.2) is 9.98 Å². The number of aliphatic imine (C=N–C) groups is 1. The highest BCUT2D eigenvalue weighted by Gasteiger charge is 2.18. The predicted octanol–water partition coefficient (Wildman–Crippen LogP) is 3.55. The number of nitrogens with zero attached hydrogens (tertiary/aromatic N) is 4. The van der Waals surface area contributed by atoms with E-state index in [0.29, 0.717) is 11.2 Å². The Bertz CT molecular complexity index is 1090. The second-order valence-electron chi connectivity index (χ2n) is 5.58. The smallest absolute Gasteiger partial charge is 0.276 e. The van der Waals surface area contributed by atoms with Crippen LogP contribution in [0.3, 0.4) is 0 Å². The molecule has 0 unspecified atom stereocenters. The lowest BCUT2D eigenvalue weighted by Gasteiger charge is -2.09. The summed E-state index contributed by atoms with van der Waals surface area (Å²) in [6.45, 7) is 3.88. The molecule has 0 aliphatic heterocycles. The van der Waals surface area contributed by atoms with Gasteiger partial charge in [-0.05, 0) is 42.4 Å². The molecule has 0 N–H and O–H groups in total. The van der Waals surface area contributed by atoms with Crippen LogP contribution < -0.4 is 5.11 Å². The van der Waals surface area contributed by atoms with Crippen molar-refractivity contribution in [1.82, 2.24) is 4.98 Å². The van der Waals surface area contributed by atoms with Gasteiger partial charge in [0, 0.05) is 12.3 Å². The third-order valence-corrected chi connectivity index (χ3v) is 4.53. The first-order valence-electron chi connectivity index (χ1n) is 7.32. The van der Waals surface area contributed by atoms with Crippen molar-refractivity contribution in [3.63, 3.8) is 0 Å². The molecule has 2 aromatic carbocycles. The fourth-order valence-corrected chi connectivity index (χ4v) is 3.48. The molecule has 0 saturated heterocycles. The maximum absolute atomic E-state index is 12.1. The van der Waals surface area contributed by atoms with Gasteiger partial charge in [-0.15, -0.1) is 0 Å². The Kier molecular flexibility index (Phi) is 4.34. The average Bonchev–Trinajstić information content (AvgIpc) is 2.96. The van der Waals surface area contributed by atoms with E-state index in [1.165, 1.54) is 11.3 Å². The summed E-state index contributed by atoms with van der Waals surface area (Å²) in [5.74, 6) is -0.933. The van der Waals surface area contributed by atoms with E-state index < -0.39 is 27.0 Å². The topological polar surface area (TPSA) is 135 Å². The van der Waals surface area contributed by atoms with Gasteiger partial charge in [-0.2, -0.15) is 0 Å². The van der Waals surface area contributed by atoms with Gasteiger partial charge in [0.2, 0.25) is 5.13 Å². The van der Waals surface area contributed by atoms with Gasteiger partial charge in [-0.1, -0.05) is 17.4 Å². The Morgan fingerprint density at radius 2 is 1.85 bits per heavy atom. The number of aromatic nitrogens is 1. The van der Waals surface area contributed by atoms with E-state index in [2.05, 4.69) is 9.98 Å². The van der Waals surface area contributed by atoms with Crippen molar-refractivity contribution in [2.24, 2.45) is 4.99 Å². The predicted molar refractivity (Wildman–Crippen MR) is 95.5 cm³/mol. The Hall–Kier alpha value is -3.40. The van der Waals surface area contributed by atoms with Gasteiger partial charge in [0.15, 0.2) is 0 Å². The molecule has 1 heterocycles. The minimum atomic E-state index is -0.948. The molecule has 0 amide bonds. The summed E-state index contributed by atoms with van der Waals surface area (Å²) in [5, 5.41) is 34.3. The van der Waals surface area contributed by atoms with E-state index in [-0.39, 0.29) is 5.56 Å². The molecule has 3 aromatic rings. The van der Waals surface area contributed by atoms with Gasteiger partial charge in [0.05, 0.1) is 26.1 Å². The van der Waals surface area contributed by atoms with Gasteiger partial charge < -0.3 is 5.11 Å². The maximum atomic E-state index is 12.1. The number of hydrogen-bond acceptors (Lipinski definition) is 8. The van der Waals surface area contributed by atoms with Crippen molar-refractivity contribution >= 4 is 44.3 Å². The Labute approximate surface area is 150 Å². The van der Waals surface area contributed by atoms with Crippen LogP contribution >= 0.6 is 11.3 Å². The molecule has 0 radical (unpaired) electrons. The number of rotatable bonds is 4. The van der Waals surface area contributed by atoms with Gasteiger partial charge in [-0.3, -0.25) is 20.2 Å². The monoisotopic (exact) mass is 371 g/mol. The highest BCUT2D eigenvalue weighted by molar-refractivity contribution is 7.22. The van der Waals surface area contributed by atoms with E-state index in [4.69, 9.17) is 0 Å². The summed E-state index contributed by atoms with van der Waals surface area (Å²) < 4.78 is 0.919. The van der Waals surface area contributed by atoms with Crippen molar-refractivity contribution in [3.8, 4) is 5.75 Å². The van der Waals surface area contributed by atoms with Crippen molar-refractivity contribution in [3.05, 3.63) is 61.2 Å². The summed E-state index contributed by atoms with van der Waals surface area (Å²) in [4.78, 5) is 28.6. The summed E-state index contributed by atoms with van der Waals surface area (Å²) in [7, 11) is 0. The van der Waals surface area contributed by atoms with Crippen molar-refractivity contribution < 1.29 is 15.0 Å². The Balaban J connectivity index is 2.06. The number of benzene rings is 2. The van der Waals surface area contributed by atoms with Gasteiger partial charge in [0.1, 0.15) is 0 Å². The molecular formula is C16H11N4O5S-. The van der Waals surface area contributed by atoms with E-state index in [1.807, 2.05) is 26.0 Å². The van der Waals surface area contributed by atoms with Crippen LogP contribution in [0.2, 0.25) is 0 Å². The fraction of sp³-hybridized carbons (Fsp3) is 0.125. The largest absolute Gasteiger partial charge is 0.867 e. The number of thiazole rings is 1. The zero-order valence-corrected chi connectivity index (χ0v) is 14.4. The average molecular weight is 371 g/mol. The molecule has 0 bridgehead atoms. The first-order valence-corrected chi connectivity index (χ1v) is 8.13. The number of nitro groups is 2. The summed E-state index contributed by atoms with van der Waals surface area (Å²) >= 11 is 1.29. The molecule has 9 nitrogen and oxygen atoms in total. The second kappa shape index (κ2) is 6.48. The quantitative estimate of drug-likeness (QED) is 0.391. The zero-order valence-electron chi connectivity index (χ0n) is 13.6. The molecule has 10 heteroatoms. The molecule has 0 saturated carbocycles. The van der Waals surface area contributed by atoms with Gasteiger partial charge in [0.25, 0.3) is 11.4 Å². The zero-order chi connectivity index (χ0) is 19.0. The van der Waals surface area contributed by atoms with Crippen LogP contribution in [0.25, 0.3) is 10.2 Å². The molecular weight excluding hydrogens is 360 g/mol. The van der Waals surface area contributed by atoms with E-state index in [9.17, 15) is 25.3 Å². The van der Waals surface area contributed by atoms with E-state index in [1.54, 1.807) is 0 Å². The van der Waals surface area contributed by atoms with Crippen LogP contribution in [0.1, 0.15) is 16.7 Å². The van der Waals surface area contributed by atoms with Crippen LogP contribution in [0.4, 0.5) is 16.5 Å². The minimum absolute atomic E-state index is 0.238. The number of hydrogen-bond donors (Lipinski definition) is 0. The van der Waals surface area contributed by atoms with E-state index >= 15 is 0 Å². The minimum Gasteiger partial charge on any atom is -0.867 e.